The Balaban J connectivity index is 1.68. The summed E-state index contributed by atoms with van der Waals surface area (Å²) < 4.78 is 26.5. The van der Waals surface area contributed by atoms with Crippen LogP contribution in [0.3, 0.4) is 0 Å². The van der Waals surface area contributed by atoms with Crippen LogP contribution in [-0.2, 0) is 21.4 Å². The van der Waals surface area contributed by atoms with Gasteiger partial charge in [-0.25, -0.2) is 13.2 Å². The number of hydrogen-bond donors (Lipinski definition) is 1. The van der Waals surface area contributed by atoms with Crippen LogP contribution in [0.25, 0.3) is 0 Å². The molecule has 1 amide bonds. The van der Waals surface area contributed by atoms with Gasteiger partial charge in [-0.1, -0.05) is 0 Å². The molecule has 0 aromatic carbocycles. The van der Waals surface area contributed by atoms with E-state index >= 15 is 0 Å². The Morgan fingerprint density at radius 3 is 2.68 bits per heavy atom. The third kappa shape index (κ3) is 4.01. The van der Waals surface area contributed by atoms with Crippen molar-refractivity contribution in [3.8, 4) is 0 Å². The molecule has 4 heterocycles. The Bertz CT molecular complexity index is 874. The van der Waals surface area contributed by atoms with E-state index in [9.17, 15) is 22.8 Å². The molecule has 10 heteroatoms. The van der Waals surface area contributed by atoms with Crippen molar-refractivity contribution in [2.75, 3.05) is 25.9 Å². The summed E-state index contributed by atoms with van der Waals surface area (Å²) in [5, 5.41) is 0. The van der Waals surface area contributed by atoms with Gasteiger partial charge in [-0.15, -0.1) is 0 Å². The Kier molecular flexibility index (Phi) is 4.83. The smallest absolute Gasteiger partial charge is 0.328 e. The number of nitrogens with zero attached hydrogens (tertiary/aromatic N) is 3. The molecule has 4 rings (SSSR count). The van der Waals surface area contributed by atoms with Gasteiger partial charge in [0.15, 0.2) is 0 Å². The van der Waals surface area contributed by atoms with E-state index in [1.807, 2.05) is 0 Å². The maximum atomic E-state index is 12.6. The van der Waals surface area contributed by atoms with Crippen molar-refractivity contribution in [2.45, 2.75) is 31.8 Å². The third-order valence-electron chi connectivity index (χ3n) is 4.93. The van der Waals surface area contributed by atoms with Gasteiger partial charge in [0.25, 0.3) is 5.56 Å². The molecule has 9 nitrogen and oxygen atoms in total. The summed E-state index contributed by atoms with van der Waals surface area (Å²) >= 11 is 0. The van der Waals surface area contributed by atoms with E-state index in [0.717, 1.165) is 12.8 Å². The molecule has 3 fully saturated rings. The number of amides is 1. The SMILES string of the molecule is CS(=O)(=O)N1C[C@@H]2CC[C@H](C1)N(C(=O)CCn1ccc(=O)[nH]c1=O)C2. The molecule has 3 aliphatic rings. The number of sulfonamides is 1. The Morgan fingerprint density at radius 2 is 2.00 bits per heavy atom. The molecule has 3 saturated heterocycles. The molecule has 138 valence electrons. The highest BCUT2D eigenvalue weighted by atomic mass is 32.2. The van der Waals surface area contributed by atoms with Crippen LogP contribution in [-0.4, -0.2) is 65.0 Å². The van der Waals surface area contributed by atoms with Gasteiger partial charge in [0.2, 0.25) is 15.9 Å². The van der Waals surface area contributed by atoms with Crippen molar-refractivity contribution >= 4 is 15.9 Å². The summed E-state index contributed by atoms with van der Waals surface area (Å²) in [5.41, 5.74) is -1.01. The quantitative estimate of drug-likeness (QED) is 0.716. The molecule has 25 heavy (non-hydrogen) atoms. The predicted molar refractivity (Wildman–Crippen MR) is 90.6 cm³/mol. The van der Waals surface area contributed by atoms with Gasteiger partial charge in [0, 0.05) is 50.9 Å². The number of aromatic nitrogens is 2. The zero-order valence-electron chi connectivity index (χ0n) is 14.1. The first-order chi connectivity index (χ1) is 11.7. The second-order valence-corrected chi connectivity index (χ2v) is 8.76. The summed E-state index contributed by atoms with van der Waals surface area (Å²) in [7, 11) is -3.27. The molecule has 2 bridgehead atoms. The van der Waals surface area contributed by atoms with E-state index in [2.05, 4.69) is 4.98 Å². The van der Waals surface area contributed by atoms with E-state index in [-0.39, 0.29) is 30.8 Å². The van der Waals surface area contributed by atoms with Gasteiger partial charge in [-0.05, 0) is 18.8 Å². The molecular formula is C15H22N4O5S. The van der Waals surface area contributed by atoms with E-state index in [4.69, 9.17) is 0 Å². The Morgan fingerprint density at radius 1 is 1.24 bits per heavy atom. The molecule has 0 spiro atoms. The summed E-state index contributed by atoms with van der Waals surface area (Å²) in [4.78, 5) is 39.3. The van der Waals surface area contributed by atoms with Crippen LogP contribution >= 0.6 is 0 Å². The number of carbonyl (C=O) groups is 1. The fraction of sp³-hybridized carbons (Fsp3) is 0.667. The molecule has 3 aliphatic heterocycles. The minimum absolute atomic E-state index is 0.0943. The summed E-state index contributed by atoms with van der Waals surface area (Å²) in [6, 6.07) is 1.12. The summed E-state index contributed by atoms with van der Waals surface area (Å²) in [5.74, 6) is 0.0522. The molecule has 0 unspecified atom stereocenters. The largest absolute Gasteiger partial charge is 0.338 e. The zero-order valence-corrected chi connectivity index (χ0v) is 14.9. The number of piperidine rings is 1. The molecule has 1 N–H and O–H groups in total. The Labute approximate surface area is 145 Å². The topological polar surface area (TPSA) is 113 Å². The molecule has 0 radical (unpaired) electrons. The fourth-order valence-electron chi connectivity index (χ4n) is 3.60. The van der Waals surface area contributed by atoms with Crippen LogP contribution < -0.4 is 11.2 Å². The fourth-order valence-corrected chi connectivity index (χ4v) is 4.52. The average Bonchev–Trinajstić information content (AvgIpc) is 2.85. The maximum absolute atomic E-state index is 12.6. The monoisotopic (exact) mass is 370 g/mol. The van der Waals surface area contributed by atoms with Gasteiger partial charge < -0.3 is 9.47 Å². The number of aromatic amines is 1. The van der Waals surface area contributed by atoms with Gasteiger partial charge >= 0.3 is 5.69 Å². The maximum Gasteiger partial charge on any atom is 0.328 e. The minimum Gasteiger partial charge on any atom is -0.338 e. The van der Waals surface area contributed by atoms with Crippen LogP contribution in [0.5, 0.6) is 0 Å². The average molecular weight is 370 g/mol. The van der Waals surface area contributed by atoms with Gasteiger partial charge in [0.05, 0.1) is 6.26 Å². The molecular weight excluding hydrogens is 348 g/mol. The normalized spacial score (nSPS) is 24.3. The van der Waals surface area contributed by atoms with E-state index in [0.29, 0.717) is 19.6 Å². The standard InChI is InChI=1S/C15H22N4O5S/c1-25(23,24)18-8-11-2-3-12(10-18)19(9-11)14(21)5-7-17-6-4-13(20)16-15(17)22/h4,6,11-12H,2-3,5,7-10H2,1H3,(H,16,20,22)/t11-,12+/m0/s1. The van der Waals surface area contributed by atoms with E-state index in [1.54, 1.807) is 4.90 Å². The Hall–Kier alpha value is -1.94. The second-order valence-electron chi connectivity index (χ2n) is 6.78. The lowest BCUT2D eigenvalue weighted by atomic mass is 9.95. The van der Waals surface area contributed by atoms with E-state index in [1.165, 1.54) is 27.4 Å². The van der Waals surface area contributed by atoms with Crippen LogP contribution in [0.2, 0.25) is 0 Å². The summed E-state index contributed by atoms with van der Waals surface area (Å²) in [6.45, 7) is 1.52. The van der Waals surface area contributed by atoms with Crippen LogP contribution in [0, 0.1) is 5.92 Å². The first-order valence-corrected chi connectivity index (χ1v) is 10.1. The highest BCUT2D eigenvalue weighted by Crippen LogP contribution is 2.29. The van der Waals surface area contributed by atoms with Gasteiger partial charge in [-0.3, -0.25) is 14.6 Å². The minimum atomic E-state index is -3.27. The molecule has 0 saturated carbocycles. The van der Waals surface area contributed by atoms with Crippen molar-refractivity contribution in [3.05, 3.63) is 33.1 Å². The third-order valence-corrected chi connectivity index (χ3v) is 6.17. The molecule has 1 aromatic heterocycles. The zero-order chi connectivity index (χ0) is 18.2. The van der Waals surface area contributed by atoms with Crippen LogP contribution in [0.1, 0.15) is 19.3 Å². The molecule has 1 aromatic rings. The highest BCUT2D eigenvalue weighted by molar-refractivity contribution is 7.88. The van der Waals surface area contributed by atoms with Gasteiger partial charge in [-0.2, -0.15) is 4.31 Å². The number of fused-ring (bicyclic) bond motifs is 4. The lowest BCUT2D eigenvalue weighted by molar-refractivity contribution is -0.135. The van der Waals surface area contributed by atoms with Crippen molar-refractivity contribution < 1.29 is 13.2 Å². The number of H-pyrrole nitrogens is 1. The first kappa shape index (κ1) is 17.9. The molecule has 0 aliphatic carbocycles. The van der Waals surface area contributed by atoms with Crippen molar-refractivity contribution in [2.24, 2.45) is 5.92 Å². The number of carbonyl (C=O) groups excluding carboxylic acids is 1. The van der Waals surface area contributed by atoms with Crippen molar-refractivity contribution in [1.82, 2.24) is 18.8 Å². The van der Waals surface area contributed by atoms with Crippen LogP contribution in [0.4, 0.5) is 0 Å². The van der Waals surface area contributed by atoms with Crippen LogP contribution in [0.15, 0.2) is 21.9 Å². The summed E-state index contributed by atoms with van der Waals surface area (Å²) in [6.07, 6.45) is 4.41. The van der Waals surface area contributed by atoms with Crippen molar-refractivity contribution in [3.63, 3.8) is 0 Å². The lowest BCUT2D eigenvalue weighted by Gasteiger charge is -2.36. The van der Waals surface area contributed by atoms with Crippen molar-refractivity contribution in [1.29, 1.82) is 0 Å². The molecule has 2 atom stereocenters. The number of rotatable bonds is 4. The van der Waals surface area contributed by atoms with Gasteiger partial charge in [0.1, 0.15) is 0 Å². The number of aryl methyl sites for hydroxylation is 1. The number of nitrogens with one attached hydrogen (secondary N) is 1. The second kappa shape index (κ2) is 6.75. The first-order valence-electron chi connectivity index (χ1n) is 8.28. The van der Waals surface area contributed by atoms with E-state index < -0.39 is 21.3 Å². The highest BCUT2D eigenvalue weighted by Gasteiger charge is 2.39. The lowest BCUT2D eigenvalue weighted by Crippen LogP contribution is -2.48. The number of hydrogen-bond acceptors (Lipinski definition) is 5. The predicted octanol–water partition coefficient (Wildman–Crippen LogP) is -1.19.